The Bertz CT molecular complexity index is 468. The molecule has 0 bridgehead atoms. The maximum absolute atomic E-state index is 11.8. The van der Waals surface area contributed by atoms with Crippen LogP contribution in [-0.2, 0) is 0 Å². The number of amides is 3. The van der Waals surface area contributed by atoms with Crippen LogP contribution in [-0.4, -0.2) is 18.5 Å². The molecule has 1 fully saturated rings. The van der Waals surface area contributed by atoms with Gasteiger partial charge in [0.05, 0.1) is 11.3 Å². The summed E-state index contributed by atoms with van der Waals surface area (Å²) in [5.41, 5.74) is 6.01. The molecule has 0 radical (unpaired) electrons. The van der Waals surface area contributed by atoms with Crippen LogP contribution in [0.25, 0.3) is 0 Å². The van der Waals surface area contributed by atoms with Gasteiger partial charge in [-0.05, 0) is 30.9 Å². The third kappa shape index (κ3) is 3.71. The van der Waals surface area contributed by atoms with Gasteiger partial charge in [0.15, 0.2) is 0 Å². The van der Waals surface area contributed by atoms with Gasteiger partial charge < -0.3 is 16.4 Å². The van der Waals surface area contributed by atoms with Gasteiger partial charge in [-0.2, -0.15) is 0 Å². The summed E-state index contributed by atoms with van der Waals surface area (Å²) in [5.74, 6) is 0.0313. The fraction of sp³-hybridized carbons (Fsp3) is 0.429. The van der Waals surface area contributed by atoms with Crippen molar-refractivity contribution in [1.29, 1.82) is 0 Å². The second-order valence-corrected chi connectivity index (χ2v) is 4.90. The van der Waals surface area contributed by atoms with Crippen molar-refractivity contribution >= 4 is 17.6 Å². The number of nitrogens with two attached hydrogens (primary N) is 1. The number of rotatable bonds is 4. The van der Waals surface area contributed by atoms with Gasteiger partial charge in [-0.1, -0.05) is 25.0 Å². The average molecular weight is 261 g/mol. The van der Waals surface area contributed by atoms with Crippen molar-refractivity contribution in [3.63, 3.8) is 0 Å². The number of primary amides is 1. The molecule has 2 rings (SSSR count). The Morgan fingerprint density at radius 2 is 1.89 bits per heavy atom. The Kier molecular flexibility index (Phi) is 4.39. The third-order valence-corrected chi connectivity index (χ3v) is 3.47. The fourth-order valence-corrected chi connectivity index (χ4v) is 2.43. The van der Waals surface area contributed by atoms with Crippen LogP contribution in [0.3, 0.4) is 0 Å². The van der Waals surface area contributed by atoms with Gasteiger partial charge in [-0.3, -0.25) is 4.79 Å². The van der Waals surface area contributed by atoms with E-state index in [9.17, 15) is 9.59 Å². The SMILES string of the molecule is NC(=O)c1ccccc1NC(=O)NCC1CCCC1. The van der Waals surface area contributed by atoms with Crippen molar-refractivity contribution in [2.24, 2.45) is 11.7 Å². The lowest BCUT2D eigenvalue weighted by molar-refractivity contribution is 0.100. The molecule has 102 valence electrons. The van der Waals surface area contributed by atoms with Crippen molar-refractivity contribution in [3.05, 3.63) is 29.8 Å². The molecule has 5 heteroatoms. The maximum Gasteiger partial charge on any atom is 0.319 e. The number of nitrogens with one attached hydrogen (secondary N) is 2. The zero-order valence-corrected chi connectivity index (χ0v) is 10.8. The molecule has 0 spiro atoms. The van der Waals surface area contributed by atoms with Crippen LogP contribution in [0, 0.1) is 5.92 Å². The fourth-order valence-electron chi connectivity index (χ4n) is 2.43. The normalized spacial score (nSPS) is 15.2. The summed E-state index contributed by atoms with van der Waals surface area (Å²) in [7, 11) is 0. The van der Waals surface area contributed by atoms with Crippen LogP contribution in [0.5, 0.6) is 0 Å². The smallest absolute Gasteiger partial charge is 0.319 e. The van der Waals surface area contributed by atoms with Crippen LogP contribution < -0.4 is 16.4 Å². The van der Waals surface area contributed by atoms with E-state index in [2.05, 4.69) is 10.6 Å². The van der Waals surface area contributed by atoms with E-state index in [4.69, 9.17) is 5.73 Å². The molecule has 0 atom stereocenters. The van der Waals surface area contributed by atoms with Crippen molar-refractivity contribution in [3.8, 4) is 0 Å². The zero-order chi connectivity index (χ0) is 13.7. The van der Waals surface area contributed by atoms with Crippen LogP contribution in [0.1, 0.15) is 36.0 Å². The number of hydrogen-bond donors (Lipinski definition) is 3. The van der Waals surface area contributed by atoms with Gasteiger partial charge in [-0.25, -0.2) is 4.79 Å². The lowest BCUT2D eigenvalue weighted by Crippen LogP contribution is -2.33. The second kappa shape index (κ2) is 6.22. The quantitative estimate of drug-likeness (QED) is 0.775. The molecule has 0 aliphatic heterocycles. The molecule has 1 saturated carbocycles. The topological polar surface area (TPSA) is 84.2 Å². The van der Waals surface area contributed by atoms with E-state index in [-0.39, 0.29) is 6.03 Å². The highest BCUT2D eigenvalue weighted by atomic mass is 16.2. The van der Waals surface area contributed by atoms with Crippen LogP contribution in [0.2, 0.25) is 0 Å². The van der Waals surface area contributed by atoms with E-state index >= 15 is 0 Å². The highest BCUT2D eigenvalue weighted by molar-refractivity contribution is 6.02. The van der Waals surface area contributed by atoms with E-state index < -0.39 is 5.91 Å². The molecule has 1 aliphatic rings. The minimum atomic E-state index is -0.549. The number of anilines is 1. The first-order chi connectivity index (χ1) is 9.16. The number of para-hydroxylation sites is 1. The van der Waals surface area contributed by atoms with Gasteiger partial charge in [0.25, 0.3) is 5.91 Å². The number of hydrogen-bond acceptors (Lipinski definition) is 2. The van der Waals surface area contributed by atoms with Crippen molar-refractivity contribution in [2.75, 3.05) is 11.9 Å². The number of carbonyl (C=O) groups excluding carboxylic acids is 2. The van der Waals surface area contributed by atoms with Gasteiger partial charge in [0.2, 0.25) is 0 Å². The predicted octanol–water partition coefficient (Wildman–Crippen LogP) is 2.10. The Balaban J connectivity index is 1.89. The minimum Gasteiger partial charge on any atom is -0.366 e. The monoisotopic (exact) mass is 261 g/mol. The standard InChI is InChI=1S/C14H19N3O2/c15-13(18)11-7-3-4-8-12(11)17-14(19)16-9-10-5-1-2-6-10/h3-4,7-8,10H,1-2,5-6,9H2,(H2,15,18)(H2,16,17,19). The molecule has 0 heterocycles. The molecule has 0 unspecified atom stereocenters. The van der Waals surface area contributed by atoms with Crippen molar-refractivity contribution in [1.82, 2.24) is 5.32 Å². The molecule has 1 aromatic rings. The summed E-state index contributed by atoms with van der Waals surface area (Å²) in [5, 5.41) is 5.50. The largest absolute Gasteiger partial charge is 0.366 e. The first-order valence-corrected chi connectivity index (χ1v) is 6.60. The number of carbonyl (C=O) groups is 2. The molecule has 0 aromatic heterocycles. The molecule has 0 saturated heterocycles. The summed E-state index contributed by atoms with van der Waals surface area (Å²) in [6.07, 6.45) is 4.85. The Hall–Kier alpha value is -2.04. The molecule has 1 aromatic carbocycles. The molecule has 4 N–H and O–H groups in total. The highest BCUT2D eigenvalue weighted by Crippen LogP contribution is 2.23. The summed E-state index contributed by atoms with van der Waals surface area (Å²) >= 11 is 0. The molecule has 3 amide bonds. The van der Waals surface area contributed by atoms with E-state index in [1.165, 1.54) is 25.7 Å². The van der Waals surface area contributed by atoms with Crippen molar-refractivity contribution < 1.29 is 9.59 Å². The maximum atomic E-state index is 11.8. The van der Waals surface area contributed by atoms with E-state index in [0.717, 1.165) is 0 Å². The van der Waals surface area contributed by atoms with Crippen LogP contribution >= 0.6 is 0 Å². The summed E-state index contributed by atoms with van der Waals surface area (Å²) in [6, 6.07) is 6.42. The highest BCUT2D eigenvalue weighted by Gasteiger charge is 2.16. The Morgan fingerprint density at radius 3 is 2.58 bits per heavy atom. The molecule has 5 nitrogen and oxygen atoms in total. The average Bonchev–Trinajstić information content (AvgIpc) is 2.90. The van der Waals surface area contributed by atoms with E-state index in [1.54, 1.807) is 24.3 Å². The summed E-state index contributed by atoms with van der Waals surface area (Å²) in [4.78, 5) is 23.0. The van der Waals surface area contributed by atoms with E-state index in [0.29, 0.717) is 23.7 Å². The second-order valence-electron chi connectivity index (χ2n) is 4.90. The third-order valence-electron chi connectivity index (χ3n) is 3.47. The first-order valence-electron chi connectivity index (χ1n) is 6.60. The van der Waals surface area contributed by atoms with Crippen LogP contribution in [0.15, 0.2) is 24.3 Å². The predicted molar refractivity (Wildman–Crippen MR) is 73.9 cm³/mol. The van der Waals surface area contributed by atoms with Gasteiger partial charge >= 0.3 is 6.03 Å². The summed E-state index contributed by atoms with van der Waals surface area (Å²) < 4.78 is 0. The molecular weight excluding hydrogens is 242 g/mol. The van der Waals surface area contributed by atoms with Gasteiger partial charge in [-0.15, -0.1) is 0 Å². The first kappa shape index (κ1) is 13.4. The minimum absolute atomic E-state index is 0.291. The van der Waals surface area contributed by atoms with Crippen molar-refractivity contribution in [2.45, 2.75) is 25.7 Å². The summed E-state index contributed by atoms with van der Waals surface area (Å²) in [6.45, 7) is 0.685. The van der Waals surface area contributed by atoms with Gasteiger partial charge in [0.1, 0.15) is 0 Å². The molecular formula is C14H19N3O2. The number of urea groups is 1. The molecule has 1 aliphatic carbocycles. The van der Waals surface area contributed by atoms with Crippen LogP contribution in [0.4, 0.5) is 10.5 Å². The Morgan fingerprint density at radius 1 is 1.21 bits per heavy atom. The van der Waals surface area contributed by atoms with Gasteiger partial charge in [0, 0.05) is 6.54 Å². The lowest BCUT2D eigenvalue weighted by Gasteiger charge is -2.13. The zero-order valence-electron chi connectivity index (χ0n) is 10.8. The molecule has 19 heavy (non-hydrogen) atoms. The lowest BCUT2D eigenvalue weighted by atomic mass is 10.1. The Labute approximate surface area is 112 Å². The van der Waals surface area contributed by atoms with E-state index in [1.807, 2.05) is 0 Å². The number of benzene rings is 1.